The molecule has 3 aromatic rings. The molecule has 0 bridgehead atoms. The molecule has 0 atom stereocenters. The summed E-state index contributed by atoms with van der Waals surface area (Å²) < 4.78 is 2.10. The van der Waals surface area contributed by atoms with Gasteiger partial charge in [-0.15, -0.1) is 0 Å². The summed E-state index contributed by atoms with van der Waals surface area (Å²) in [5.74, 6) is 0. The van der Waals surface area contributed by atoms with E-state index in [9.17, 15) is 0 Å². The SMILES string of the molecule is CCCCC(=CCn1ccnc1)c1ccc(Sc2ccccc2)cc1. The van der Waals surface area contributed by atoms with Crippen LogP contribution in [0.25, 0.3) is 5.57 Å². The van der Waals surface area contributed by atoms with Gasteiger partial charge in [0.25, 0.3) is 0 Å². The average molecular weight is 349 g/mol. The van der Waals surface area contributed by atoms with Gasteiger partial charge in [0.05, 0.1) is 6.33 Å². The van der Waals surface area contributed by atoms with Crippen molar-refractivity contribution in [2.75, 3.05) is 0 Å². The Kier molecular flexibility index (Phi) is 6.52. The monoisotopic (exact) mass is 348 g/mol. The normalized spacial score (nSPS) is 11.6. The molecule has 0 aliphatic carbocycles. The van der Waals surface area contributed by atoms with Gasteiger partial charge in [-0.25, -0.2) is 4.98 Å². The van der Waals surface area contributed by atoms with E-state index in [1.807, 2.05) is 18.7 Å². The molecule has 0 spiro atoms. The van der Waals surface area contributed by atoms with Crippen LogP contribution < -0.4 is 0 Å². The number of nitrogens with zero attached hydrogens (tertiary/aromatic N) is 2. The van der Waals surface area contributed by atoms with Crippen molar-refractivity contribution in [2.45, 2.75) is 42.5 Å². The largest absolute Gasteiger partial charge is 0.334 e. The summed E-state index contributed by atoms with van der Waals surface area (Å²) in [6, 6.07) is 19.5. The molecule has 0 amide bonds. The molecule has 0 saturated carbocycles. The molecule has 0 radical (unpaired) electrons. The second-order valence-electron chi connectivity index (χ2n) is 6.03. The zero-order valence-electron chi connectivity index (χ0n) is 14.6. The third-order valence-electron chi connectivity index (χ3n) is 4.11. The standard InChI is InChI=1S/C22H24N2S/c1-2-3-7-19(14-16-24-17-15-23-18-24)20-10-12-22(13-11-20)25-21-8-5-4-6-9-21/h4-6,8-15,17-18H,2-3,7,16H2,1H3. The minimum absolute atomic E-state index is 0.875. The van der Waals surface area contributed by atoms with Crippen LogP contribution in [0.15, 0.2) is 89.2 Å². The molecule has 1 aromatic heterocycles. The maximum Gasteiger partial charge on any atom is 0.0948 e. The zero-order chi connectivity index (χ0) is 17.3. The molecule has 1 heterocycles. The second kappa shape index (κ2) is 9.28. The number of allylic oxidation sites excluding steroid dienone is 2. The van der Waals surface area contributed by atoms with E-state index >= 15 is 0 Å². The molecule has 0 N–H and O–H groups in total. The van der Waals surface area contributed by atoms with Crippen LogP contribution in [0.2, 0.25) is 0 Å². The van der Waals surface area contributed by atoms with Crippen molar-refractivity contribution in [1.82, 2.24) is 9.55 Å². The smallest absolute Gasteiger partial charge is 0.0948 e. The molecule has 0 unspecified atom stereocenters. The van der Waals surface area contributed by atoms with Crippen molar-refractivity contribution in [3.8, 4) is 0 Å². The van der Waals surface area contributed by atoms with E-state index in [1.54, 1.807) is 11.8 Å². The topological polar surface area (TPSA) is 17.8 Å². The highest BCUT2D eigenvalue weighted by Gasteiger charge is 2.03. The summed E-state index contributed by atoms with van der Waals surface area (Å²) in [6.45, 7) is 3.12. The Labute approximate surface area is 154 Å². The first kappa shape index (κ1) is 17.6. The second-order valence-corrected chi connectivity index (χ2v) is 7.18. The van der Waals surface area contributed by atoms with Gasteiger partial charge in [-0.1, -0.05) is 61.5 Å². The third kappa shape index (κ3) is 5.36. The predicted molar refractivity (Wildman–Crippen MR) is 107 cm³/mol. The Balaban J connectivity index is 1.72. The van der Waals surface area contributed by atoms with Gasteiger partial charge in [0.1, 0.15) is 0 Å². The summed E-state index contributed by atoms with van der Waals surface area (Å²) in [4.78, 5) is 6.67. The minimum Gasteiger partial charge on any atom is -0.334 e. The van der Waals surface area contributed by atoms with Crippen molar-refractivity contribution < 1.29 is 0 Å². The van der Waals surface area contributed by atoms with Gasteiger partial charge >= 0.3 is 0 Å². The van der Waals surface area contributed by atoms with E-state index < -0.39 is 0 Å². The highest BCUT2D eigenvalue weighted by molar-refractivity contribution is 7.99. The number of hydrogen-bond donors (Lipinski definition) is 0. The molecule has 0 aliphatic rings. The molecule has 0 aliphatic heterocycles. The molecule has 128 valence electrons. The fourth-order valence-electron chi connectivity index (χ4n) is 2.70. The first-order valence-corrected chi connectivity index (χ1v) is 9.65. The number of imidazole rings is 1. The Hall–Kier alpha value is -2.26. The molecule has 25 heavy (non-hydrogen) atoms. The molecular weight excluding hydrogens is 324 g/mol. The molecule has 0 saturated heterocycles. The highest BCUT2D eigenvalue weighted by atomic mass is 32.2. The number of unbranched alkanes of at least 4 members (excludes halogenated alkanes) is 1. The first-order chi connectivity index (χ1) is 12.3. The summed E-state index contributed by atoms with van der Waals surface area (Å²) in [5.41, 5.74) is 2.75. The molecule has 3 rings (SSSR count). The summed E-state index contributed by atoms with van der Waals surface area (Å²) in [7, 11) is 0. The van der Waals surface area contributed by atoms with Gasteiger partial charge in [0.15, 0.2) is 0 Å². The lowest BCUT2D eigenvalue weighted by Crippen LogP contribution is -1.93. The van der Waals surface area contributed by atoms with Crippen LogP contribution in [0.3, 0.4) is 0 Å². The van der Waals surface area contributed by atoms with Gasteiger partial charge < -0.3 is 4.57 Å². The molecular formula is C22H24N2S. The van der Waals surface area contributed by atoms with E-state index in [0.717, 1.165) is 13.0 Å². The average Bonchev–Trinajstić information content (AvgIpc) is 3.17. The Morgan fingerprint density at radius 2 is 1.80 bits per heavy atom. The Bertz CT molecular complexity index is 775. The van der Waals surface area contributed by atoms with Crippen LogP contribution in [0, 0.1) is 0 Å². The zero-order valence-corrected chi connectivity index (χ0v) is 15.5. The van der Waals surface area contributed by atoms with E-state index in [4.69, 9.17) is 0 Å². The minimum atomic E-state index is 0.875. The van der Waals surface area contributed by atoms with Crippen molar-refractivity contribution in [3.05, 3.63) is 85.0 Å². The number of rotatable bonds is 8. The van der Waals surface area contributed by atoms with E-state index in [0.29, 0.717) is 0 Å². The Morgan fingerprint density at radius 1 is 1.04 bits per heavy atom. The number of aromatic nitrogens is 2. The van der Waals surface area contributed by atoms with E-state index in [-0.39, 0.29) is 0 Å². The van der Waals surface area contributed by atoms with Crippen LogP contribution in [0.5, 0.6) is 0 Å². The third-order valence-corrected chi connectivity index (χ3v) is 5.13. The molecule has 0 fully saturated rings. The number of hydrogen-bond acceptors (Lipinski definition) is 2. The van der Waals surface area contributed by atoms with Crippen molar-refractivity contribution >= 4 is 17.3 Å². The maximum atomic E-state index is 4.12. The van der Waals surface area contributed by atoms with Crippen LogP contribution in [-0.2, 0) is 6.54 Å². The molecule has 2 nitrogen and oxygen atoms in total. The first-order valence-electron chi connectivity index (χ1n) is 8.83. The fourth-order valence-corrected chi connectivity index (χ4v) is 3.54. The Morgan fingerprint density at radius 3 is 2.48 bits per heavy atom. The van der Waals surface area contributed by atoms with Crippen molar-refractivity contribution in [2.24, 2.45) is 0 Å². The quantitative estimate of drug-likeness (QED) is 0.475. The van der Waals surface area contributed by atoms with E-state index in [1.165, 1.54) is 33.8 Å². The van der Waals surface area contributed by atoms with Gasteiger partial charge in [-0.3, -0.25) is 0 Å². The van der Waals surface area contributed by atoms with Crippen molar-refractivity contribution in [3.63, 3.8) is 0 Å². The molecule has 3 heteroatoms. The lowest BCUT2D eigenvalue weighted by Gasteiger charge is -2.10. The predicted octanol–water partition coefficient (Wildman–Crippen LogP) is 6.31. The van der Waals surface area contributed by atoms with E-state index in [2.05, 4.69) is 77.1 Å². The maximum absolute atomic E-state index is 4.12. The van der Waals surface area contributed by atoms with Crippen molar-refractivity contribution in [1.29, 1.82) is 0 Å². The van der Waals surface area contributed by atoms with Crippen LogP contribution in [-0.4, -0.2) is 9.55 Å². The lowest BCUT2D eigenvalue weighted by atomic mass is 10.00. The van der Waals surface area contributed by atoms with Crippen LogP contribution in [0.1, 0.15) is 31.7 Å². The van der Waals surface area contributed by atoms with Gasteiger partial charge in [0, 0.05) is 28.7 Å². The lowest BCUT2D eigenvalue weighted by molar-refractivity contribution is 0.800. The van der Waals surface area contributed by atoms with Gasteiger partial charge in [-0.05, 0) is 48.2 Å². The van der Waals surface area contributed by atoms with Gasteiger partial charge in [-0.2, -0.15) is 0 Å². The summed E-state index contributed by atoms with van der Waals surface area (Å²) in [5, 5.41) is 0. The molecule has 2 aromatic carbocycles. The fraction of sp³-hybridized carbons (Fsp3) is 0.227. The highest BCUT2D eigenvalue weighted by Crippen LogP contribution is 2.29. The van der Waals surface area contributed by atoms with Gasteiger partial charge in [0.2, 0.25) is 0 Å². The summed E-state index contributed by atoms with van der Waals surface area (Å²) in [6.07, 6.45) is 11.6. The summed E-state index contributed by atoms with van der Waals surface area (Å²) >= 11 is 1.81. The van der Waals surface area contributed by atoms with Crippen LogP contribution >= 0.6 is 11.8 Å². The number of benzene rings is 2. The van der Waals surface area contributed by atoms with Crippen LogP contribution in [0.4, 0.5) is 0 Å².